The minimum absolute atomic E-state index is 0.0370. The monoisotopic (exact) mass is 335 g/mol. The first-order chi connectivity index (χ1) is 12.0. The van der Waals surface area contributed by atoms with Crippen molar-refractivity contribution < 1.29 is 9.59 Å². The highest BCUT2D eigenvalue weighted by Crippen LogP contribution is 2.21. The molecule has 25 heavy (non-hydrogen) atoms. The standard InChI is InChI=1S/C20H21N3O2/c1-13-18(16-6-4-5-7-17(16)22-13)19(24)21-12-14-8-10-15(11-9-14)20(25)23(2)3/h4-11,22H,12H2,1-3H3,(H,21,24). The normalized spacial score (nSPS) is 10.7. The van der Waals surface area contributed by atoms with Crippen molar-refractivity contribution in [1.82, 2.24) is 15.2 Å². The molecule has 5 nitrogen and oxygen atoms in total. The summed E-state index contributed by atoms with van der Waals surface area (Å²) in [7, 11) is 3.44. The number of hydrogen-bond acceptors (Lipinski definition) is 2. The van der Waals surface area contributed by atoms with Gasteiger partial charge in [0, 0.05) is 42.8 Å². The average molecular weight is 335 g/mol. The lowest BCUT2D eigenvalue weighted by molar-refractivity contribution is 0.0827. The lowest BCUT2D eigenvalue weighted by Crippen LogP contribution is -2.24. The van der Waals surface area contributed by atoms with Gasteiger partial charge in [0.25, 0.3) is 11.8 Å². The maximum atomic E-state index is 12.6. The molecule has 2 amide bonds. The zero-order valence-electron chi connectivity index (χ0n) is 14.6. The van der Waals surface area contributed by atoms with Gasteiger partial charge in [0.2, 0.25) is 0 Å². The summed E-state index contributed by atoms with van der Waals surface area (Å²) in [5.74, 6) is -0.145. The second-order valence-electron chi connectivity index (χ2n) is 6.25. The highest BCUT2D eigenvalue weighted by molar-refractivity contribution is 6.08. The first-order valence-electron chi connectivity index (χ1n) is 8.13. The second-order valence-corrected chi connectivity index (χ2v) is 6.25. The number of H-pyrrole nitrogens is 1. The smallest absolute Gasteiger partial charge is 0.253 e. The lowest BCUT2D eigenvalue weighted by Gasteiger charge is -2.11. The summed E-state index contributed by atoms with van der Waals surface area (Å²) >= 11 is 0. The number of benzene rings is 2. The number of amides is 2. The molecule has 0 saturated carbocycles. The quantitative estimate of drug-likeness (QED) is 0.769. The number of carbonyl (C=O) groups excluding carboxylic acids is 2. The van der Waals surface area contributed by atoms with E-state index >= 15 is 0 Å². The molecule has 128 valence electrons. The Morgan fingerprint density at radius 1 is 1.04 bits per heavy atom. The fourth-order valence-electron chi connectivity index (χ4n) is 2.86. The lowest BCUT2D eigenvalue weighted by atomic mass is 10.1. The molecule has 0 spiro atoms. The molecule has 0 saturated heterocycles. The zero-order chi connectivity index (χ0) is 18.0. The van der Waals surface area contributed by atoms with E-state index in [9.17, 15) is 9.59 Å². The average Bonchev–Trinajstić information content (AvgIpc) is 2.95. The molecule has 0 aliphatic carbocycles. The van der Waals surface area contributed by atoms with Crippen molar-refractivity contribution in [2.24, 2.45) is 0 Å². The minimum atomic E-state index is -0.108. The van der Waals surface area contributed by atoms with Gasteiger partial charge < -0.3 is 15.2 Å². The SMILES string of the molecule is Cc1[nH]c2ccccc2c1C(=O)NCc1ccc(C(=O)N(C)C)cc1. The van der Waals surface area contributed by atoms with Crippen LogP contribution in [-0.2, 0) is 6.54 Å². The summed E-state index contributed by atoms with van der Waals surface area (Å²) in [6, 6.07) is 15.0. The Hall–Kier alpha value is -3.08. The van der Waals surface area contributed by atoms with Gasteiger partial charge in [-0.25, -0.2) is 0 Å². The summed E-state index contributed by atoms with van der Waals surface area (Å²) in [6.07, 6.45) is 0. The number of nitrogens with zero attached hydrogens (tertiary/aromatic N) is 1. The van der Waals surface area contributed by atoms with E-state index in [4.69, 9.17) is 0 Å². The van der Waals surface area contributed by atoms with E-state index in [1.807, 2.05) is 43.3 Å². The number of aromatic nitrogens is 1. The van der Waals surface area contributed by atoms with Gasteiger partial charge in [-0.05, 0) is 30.7 Å². The Bertz CT molecular complexity index is 924. The van der Waals surface area contributed by atoms with Crippen molar-refractivity contribution in [2.75, 3.05) is 14.1 Å². The number of nitrogens with one attached hydrogen (secondary N) is 2. The molecular weight excluding hydrogens is 314 g/mol. The van der Waals surface area contributed by atoms with Crippen LogP contribution in [0.5, 0.6) is 0 Å². The topological polar surface area (TPSA) is 65.2 Å². The molecule has 3 rings (SSSR count). The predicted molar refractivity (Wildman–Crippen MR) is 98.7 cm³/mol. The molecule has 2 N–H and O–H groups in total. The van der Waals surface area contributed by atoms with Crippen LogP contribution in [0.2, 0.25) is 0 Å². The molecule has 5 heteroatoms. The second kappa shape index (κ2) is 6.81. The fraction of sp³-hybridized carbons (Fsp3) is 0.200. The van der Waals surface area contributed by atoms with Crippen molar-refractivity contribution in [2.45, 2.75) is 13.5 Å². The molecule has 0 aliphatic rings. The third kappa shape index (κ3) is 3.40. The fourth-order valence-corrected chi connectivity index (χ4v) is 2.86. The van der Waals surface area contributed by atoms with Crippen LogP contribution in [0.15, 0.2) is 48.5 Å². The molecule has 1 heterocycles. The van der Waals surface area contributed by atoms with E-state index in [1.54, 1.807) is 26.2 Å². The van der Waals surface area contributed by atoms with Crippen molar-refractivity contribution in [3.63, 3.8) is 0 Å². The molecule has 3 aromatic rings. The van der Waals surface area contributed by atoms with Crippen LogP contribution in [-0.4, -0.2) is 35.8 Å². The molecule has 0 bridgehead atoms. The largest absolute Gasteiger partial charge is 0.358 e. The van der Waals surface area contributed by atoms with Gasteiger partial charge in [-0.3, -0.25) is 9.59 Å². The number of aromatic amines is 1. The number of fused-ring (bicyclic) bond motifs is 1. The van der Waals surface area contributed by atoms with Crippen LogP contribution in [0.4, 0.5) is 0 Å². The van der Waals surface area contributed by atoms with E-state index in [-0.39, 0.29) is 11.8 Å². The van der Waals surface area contributed by atoms with E-state index in [0.29, 0.717) is 17.7 Å². The molecule has 0 unspecified atom stereocenters. The number of carbonyl (C=O) groups is 2. The van der Waals surface area contributed by atoms with E-state index in [2.05, 4.69) is 10.3 Å². The van der Waals surface area contributed by atoms with Gasteiger partial charge in [-0.1, -0.05) is 30.3 Å². The molecular formula is C20H21N3O2. The molecule has 1 aromatic heterocycles. The minimum Gasteiger partial charge on any atom is -0.358 e. The van der Waals surface area contributed by atoms with Crippen molar-refractivity contribution in [3.8, 4) is 0 Å². The molecule has 0 radical (unpaired) electrons. The van der Waals surface area contributed by atoms with Crippen LogP contribution in [0, 0.1) is 6.92 Å². The molecule has 0 atom stereocenters. The first kappa shape index (κ1) is 16.8. The van der Waals surface area contributed by atoms with Gasteiger partial charge in [-0.2, -0.15) is 0 Å². The Kier molecular flexibility index (Phi) is 4.57. The summed E-state index contributed by atoms with van der Waals surface area (Å²) in [5, 5.41) is 3.87. The Labute approximate surface area is 146 Å². The number of rotatable bonds is 4. The highest BCUT2D eigenvalue weighted by atomic mass is 16.2. The van der Waals surface area contributed by atoms with E-state index in [0.717, 1.165) is 22.2 Å². The van der Waals surface area contributed by atoms with E-state index in [1.165, 1.54) is 4.90 Å². The summed E-state index contributed by atoms with van der Waals surface area (Å²) in [4.78, 5) is 29.3. The summed E-state index contributed by atoms with van der Waals surface area (Å²) in [5.41, 5.74) is 4.06. The van der Waals surface area contributed by atoms with Crippen LogP contribution in [0.3, 0.4) is 0 Å². The van der Waals surface area contributed by atoms with Gasteiger partial charge in [0.15, 0.2) is 0 Å². The van der Waals surface area contributed by atoms with Crippen molar-refractivity contribution in [1.29, 1.82) is 0 Å². The Morgan fingerprint density at radius 2 is 1.72 bits per heavy atom. The number of aryl methyl sites for hydroxylation is 1. The first-order valence-corrected chi connectivity index (χ1v) is 8.13. The zero-order valence-corrected chi connectivity index (χ0v) is 14.6. The maximum absolute atomic E-state index is 12.6. The van der Waals surface area contributed by atoms with Crippen molar-refractivity contribution in [3.05, 3.63) is 70.9 Å². The summed E-state index contributed by atoms with van der Waals surface area (Å²) in [6.45, 7) is 2.31. The van der Waals surface area contributed by atoms with Crippen LogP contribution in [0.1, 0.15) is 32.0 Å². The van der Waals surface area contributed by atoms with Gasteiger partial charge in [0.1, 0.15) is 0 Å². The Balaban J connectivity index is 1.72. The van der Waals surface area contributed by atoms with E-state index < -0.39 is 0 Å². The maximum Gasteiger partial charge on any atom is 0.253 e. The highest BCUT2D eigenvalue weighted by Gasteiger charge is 2.15. The molecule has 0 aliphatic heterocycles. The van der Waals surface area contributed by atoms with Gasteiger partial charge >= 0.3 is 0 Å². The molecule has 2 aromatic carbocycles. The van der Waals surface area contributed by atoms with Gasteiger partial charge in [0.05, 0.1) is 5.56 Å². The van der Waals surface area contributed by atoms with Crippen molar-refractivity contribution >= 4 is 22.7 Å². The predicted octanol–water partition coefficient (Wildman–Crippen LogP) is 3.11. The van der Waals surface area contributed by atoms with Crippen LogP contribution < -0.4 is 5.32 Å². The van der Waals surface area contributed by atoms with Crippen LogP contribution >= 0.6 is 0 Å². The Morgan fingerprint density at radius 3 is 2.40 bits per heavy atom. The molecule has 0 fully saturated rings. The van der Waals surface area contributed by atoms with Gasteiger partial charge in [-0.15, -0.1) is 0 Å². The number of para-hydroxylation sites is 1. The summed E-state index contributed by atoms with van der Waals surface area (Å²) < 4.78 is 0. The number of hydrogen-bond donors (Lipinski definition) is 2. The third-order valence-electron chi connectivity index (χ3n) is 4.18. The third-order valence-corrected chi connectivity index (χ3v) is 4.18. The van der Waals surface area contributed by atoms with Crippen LogP contribution in [0.25, 0.3) is 10.9 Å².